The van der Waals surface area contributed by atoms with Crippen molar-refractivity contribution in [1.82, 2.24) is 0 Å². The van der Waals surface area contributed by atoms with Gasteiger partial charge in [-0.25, -0.2) is 0 Å². The molecule has 0 aromatic heterocycles. The van der Waals surface area contributed by atoms with Crippen molar-refractivity contribution in [3.63, 3.8) is 0 Å². The predicted molar refractivity (Wildman–Crippen MR) is 131 cm³/mol. The molecule has 11 heteroatoms. The first-order valence-corrected chi connectivity index (χ1v) is 11.5. The van der Waals surface area contributed by atoms with Gasteiger partial charge >= 0.3 is 12.1 Å². The van der Waals surface area contributed by atoms with Crippen molar-refractivity contribution in [2.75, 3.05) is 30.5 Å². The molecule has 1 aliphatic heterocycles. The van der Waals surface area contributed by atoms with Crippen LogP contribution in [0.3, 0.4) is 0 Å². The molecule has 0 unspecified atom stereocenters. The fourth-order valence-electron chi connectivity index (χ4n) is 3.87. The lowest BCUT2D eigenvalue weighted by atomic mass is 10.1. The summed E-state index contributed by atoms with van der Waals surface area (Å²) in [6, 6.07) is 18.2. The maximum atomic E-state index is 13.1. The summed E-state index contributed by atoms with van der Waals surface area (Å²) in [5.74, 6) is -1.01. The zero-order valence-electron chi connectivity index (χ0n) is 20.2. The Hall–Kier alpha value is -4.54. The first-order chi connectivity index (χ1) is 18.1. The lowest BCUT2D eigenvalue weighted by Crippen LogP contribution is -2.28. The topological polar surface area (TPSA) is 94.2 Å². The van der Waals surface area contributed by atoms with E-state index < -0.39 is 41.8 Å². The summed E-state index contributed by atoms with van der Waals surface area (Å²) in [6.45, 7) is -0.748. The van der Waals surface area contributed by atoms with E-state index in [1.54, 1.807) is 55.6 Å². The predicted octanol–water partition coefficient (Wildman–Crippen LogP) is 5.04. The van der Waals surface area contributed by atoms with Gasteiger partial charge in [-0.2, -0.15) is 13.2 Å². The molecule has 0 aliphatic carbocycles. The van der Waals surface area contributed by atoms with Crippen molar-refractivity contribution in [1.29, 1.82) is 0 Å². The molecule has 1 N–H and O–H groups in total. The van der Waals surface area contributed by atoms with Crippen LogP contribution < -0.4 is 19.7 Å². The molecule has 0 saturated carbocycles. The van der Waals surface area contributed by atoms with Gasteiger partial charge in [-0.15, -0.1) is 0 Å². The molecule has 0 radical (unpaired) electrons. The third-order valence-electron chi connectivity index (χ3n) is 5.75. The number of nitrogens with zero attached hydrogens (tertiary/aromatic N) is 1. The molecular weight excluding hydrogens is 505 g/mol. The fourth-order valence-corrected chi connectivity index (χ4v) is 3.87. The number of ether oxygens (including phenoxy) is 3. The highest BCUT2D eigenvalue weighted by Crippen LogP contribution is 2.34. The Balaban J connectivity index is 1.30. The molecular formula is C27H23F3N2O6. The average Bonchev–Trinajstić information content (AvgIpc) is 3.29. The van der Waals surface area contributed by atoms with E-state index in [4.69, 9.17) is 14.2 Å². The Labute approximate surface area is 215 Å². The normalized spacial score (nSPS) is 15.2. The van der Waals surface area contributed by atoms with E-state index in [1.807, 2.05) is 0 Å². The SMILES string of the molecule is COc1ccc(Oc2ccc(N3C[C@@H](C(=O)OCC(=O)Nc4ccccc4C(F)(F)F)CC3=O)cc2)cc1. The van der Waals surface area contributed by atoms with E-state index in [0.29, 0.717) is 22.9 Å². The molecule has 2 amide bonds. The average molecular weight is 528 g/mol. The van der Waals surface area contributed by atoms with E-state index in [-0.39, 0.29) is 18.9 Å². The van der Waals surface area contributed by atoms with Crippen LogP contribution in [0.15, 0.2) is 72.8 Å². The van der Waals surface area contributed by atoms with Crippen LogP contribution in [0.25, 0.3) is 0 Å². The van der Waals surface area contributed by atoms with Crippen molar-refractivity contribution in [3.05, 3.63) is 78.4 Å². The van der Waals surface area contributed by atoms with Crippen molar-refractivity contribution in [2.24, 2.45) is 5.92 Å². The van der Waals surface area contributed by atoms with Crippen LogP contribution in [0, 0.1) is 5.92 Å². The number of carbonyl (C=O) groups is 3. The molecule has 1 fully saturated rings. The van der Waals surface area contributed by atoms with E-state index in [0.717, 1.165) is 12.1 Å². The molecule has 3 aromatic rings. The number of alkyl halides is 3. The molecule has 1 atom stereocenters. The Morgan fingerprint density at radius 3 is 2.18 bits per heavy atom. The highest BCUT2D eigenvalue weighted by Gasteiger charge is 2.37. The van der Waals surface area contributed by atoms with Crippen molar-refractivity contribution >= 4 is 29.2 Å². The van der Waals surface area contributed by atoms with E-state index in [2.05, 4.69) is 5.32 Å². The van der Waals surface area contributed by atoms with E-state index >= 15 is 0 Å². The van der Waals surface area contributed by atoms with Gasteiger partial charge in [0.05, 0.1) is 24.3 Å². The van der Waals surface area contributed by atoms with Crippen LogP contribution in [0.2, 0.25) is 0 Å². The number of benzene rings is 3. The number of hydrogen-bond donors (Lipinski definition) is 1. The summed E-state index contributed by atoms with van der Waals surface area (Å²) < 4.78 is 55.1. The van der Waals surface area contributed by atoms with Crippen molar-refractivity contribution < 1.29 is 41.8 Å². The van der Waals surface area contributed by atoms with Crippen molar-refractivity contribution in [2.45, 2.75) is 12.6 Å². The van der Waals surface area contributed by atoms with Gasteiger partial charge in [0.25, 0.3) is 5.91 Å². The number of rotatable bonds is 8. The van der Waals surface area contributed by atoms with E-state index in [9.17, 15) is 27.6 Å². The highest BCUT2D eigenvalue weighted by molar-refractivity contribution is 6.00. The fraction of sp³-hybridized carbons (Fsp3) is 0.222. The maximum absolute atomic E-state index is 13.1. The quantitative estimate of drug-likeness (QED) is 0.412. The van der Waals surface area contributed by atoms with Gasteiger partial charge in [-0.1, -0.05) is 12.1 Å². The molecule has 0 bridgehead atoms. The molecule has 4 rings (SSSR count). The molecule has 1 saturated heterocycles. The van der Waals surface area contributed by atoms with Crippen molar-refractivity contribution in [3.8, 4) is 17.2 Å². The number of amides is 2. The Morgan fingerprint density at radius 2 is 1.55 bits per heavy atom. The van der Waals surface area contributed by atoms with Crippen LogP contribution in [-0.4, -0.2) is 38.0 Å². The minimum Gasteiger partial charge on any atom is -0.497 e. The number of carbonyl (C=O) groups excluding carboxylic acids is 3. The number of methoxy groups -OCH3 is 1. The minimum absolute atomic E-state index is 0.0366. The monoisotopic (exact) mass is 528 g/mol. The lowest BCUT2D eigenvalue weighted by Gasteiger charge is -2.17. The second-order valence-corrected chi connectivity index (χ2v) is 8.38. The standard InChI is InChI=1S/C27H23F3N2O6/c1-36-19-10-12-21(13-11-19)38-20-8-6-18(7-9-20)32-15-17(14-25(32)34)26(35)37-16-24(33)31-23-5-3-2-4-22(23)27(28,29)30/h2-13,17H,14-16H2,1H3,(H,31,33)/t17-/m0/s1. The van der Waals surface area contributed by atoms with Crippen LogP contribution in [-0.2, 0) is 25.3 Å². The molecule has 38 heavy (non-hydrogen) atoms. The smallest absolute Gasteiger partial charge is 0.418 e. The third kappa shape index (κ3) is 6.41. The number of hydrogen-bond acceptors (Lipinski definition) is 6. The zero-order valence-corrected chi connectivity index (χ0v) is 20.2. The van der Waals surface area contributed by atoms with Crippen LogP contribution in [0.1, 0.15) is 12.0 Å². The highest BCUT2D eigenvalue weighted by atomic mass is 19.4. The maximum Gasteiger partial charge on any atom is 0.418 e. The summed E-state index contributed by atoms with van der Waals surface area (Å²) >= 11 is 0. The Morgan fingerprint density at radius 1 is 0.947 bits per heavy atom. The molecule has 0 spiro atoms. The van der Waals surface area contributed by atoms with Gasteiger partial charge in [0, 0.05) is 18.7 Å². The third-order valence-corrected chi connectivity index (χ3v) is 5.75. The second-order valence-electron chi connectivity index (χ2n) is 8.38. The van der Waals surface area contributed by atoms with Gasteiger partial charge < -0.3 is 24.4 Å². The summed E-state index contributed by atoms with van der Waals surface area (Å²) in [7, 11) is 1.57. The van der Waals surface area contributed by atoms with Crippen LogP contribution in [0.4, 0.5) is 24.5 Å². The Kier molecular flexibility index (Phi) is 7.85. The number of nitrogens with one attached hydrogen (secondary N) is 1. The largest absolute Gasteiger partial charge is 0.497 e. The Bertz CT molecular complexity index is 1310. The summed E-state index contributed by atoms with van der Waals surface area (Å²) in [6.07, 6.45) is -4.78. The first-order valence-electron chi connectivity index (χ1n) is 11.5. The summed E-state index contributed by atoms with van der Waals surface area (Å²) in [5, 5.41) is 2.10. The molecule has 198 valence electrons. The molecule has 8 nitrogen and oxygen atoms in total. The van der Waals surface area contributed by atoms with Crippen LogP contribution in [0.5, 0.6) is 17.2 Å². The lowest BCUT2D eigenvalue weighted by molar-refractivity contribution is -0.151. The summed E-state index contributed by atoms with van der Waals surface area (Å²) in [5.41, 5.74) is -0.909. The van der Waals surface area contributed by atoms with Gasteiger partial charge in [0.2, 0.25) is 5.91 Å². The second kappa shape index (κ2) is 11.2. The van der Waals surface area contributed by atoms with Gasteiger partial charge in [-0.3, -0.25) is 14.4 Å². The zero-order chi connectivity index (χ0) is 27.3. The first kappa shape index (κ1) is 26.5. The van der Waals surface area contributed by atoms with Gasteiger partial charge in [0.15, 0.2) is 6.61 Å². The van der Waals surface area contributed by atoms with Gasteiger partial charge in [0.1, 0.15) is 17.2 Å². The molecule has 1 heterocycles. The van der Waals surface area contributed by atoms with Gasteiger partial charge in [-0.05, 0) is 60.7 Å². The summed E-state index contributed by atoms with van der Waals surface area (Å²) in [4.78, 5) is 38.5. The van der Waals surface area contributed by atoms with Crippen LogP contribution >= 0.6 is 0 Å². The molecule has 1 aliphatic rings. The number of para-hydroxylation sites is 1. The minimum atomic E-state index is -4.66. The molecule has 3 aromatic carbocycles. The number of halogens is 3. The number of anilines is 2. The van der Waals surface area contributed by atoms with E-state index in [1.165, 1.54) is 17.0 Å². The number of esters is 1.